The van der Waals surface area contributed by atoms with Crippen molar-refractivity contribution < 1.29 is 9.53 Å². The molecule has 4 heteroatoms. The van der Waals surface area contributed by atoms with Crippen LogP contribution in [-0.2, 0) is 4.74 Å². The molecule has 0 aliphatic heterocycles. The predicted octanol–water partition coefficient (Wildman–Crippen LogP) is 3.46. The Kier molecular flexibility index (Phi) is 5.16. The normalized spacial score (nSPS) is 11.9. The molecule has 0 aliphatic carbocycles. The van der Waals surface area contributed by atoms with Crippen LogP contribution in [0.2, 0.25) is 5.02 Å². The lowest BCUT2D eigenvalue weighted by Gasteiger charge is -2.16. The molecule has 0 heterocycles. The summed E-state index contributed by atoms with van der Waals surface area (Å²) in [5, 5.41) is 3.47. The number of amides is 1. The zero-order valence-electron chi connectivity index (χ0n) is 11.2. The zero-order valence-corrected chi connectivity index (χ0v) is 11.9. The van der Waals surface area contributed by atoms with Gasteiger partial charge in [-0.3, -0.25) is 4.79 Å². The van der Waals surface area contributed by atoms with E-state index in [4.69, 9.17) is 16.3 Å². The molecule has 1 N–H and O–H groups in total. The molecule has 0 fully saturated rings. The topological polar surface area (TPSA) is 38.3 Å². The van der Waals surface area contributed by atoms with E-state index in [-0.39, 0.29) is 12.0 Å². The summed E-state index contributed by atoms with van der Waals surface area (Å²) in [6.45, 7) is 0.419. The van der Waals surface area contributed by atoms with Gasteiger partial charge < -0.3 is 10.1 Å². The monoisotopic (exact) mass is 289 g/mol. The molecule has 2 aromatic rings. The fraction of sp³-hybridized carbons (Fsp3) is 0.188. The molecule has 0 radical (unpaired) electrons. The number of benzene rings is 2. The third-order valence-electron chi connectivity index (χ3n) is 3.01. The molecule has 0 saturated heterocycles. The molecule has 104 valence electrons. The van der Waals surface area contributed by atoms with E-state index >= 15 is 0 Å². The van der Waals surface area contributed by atoms with Gasteiger partial charge in [-0.25, -0.2) is 0 Å². The minimum Gasteiger partial charge on any atom is -0.375 e. The van der Waals surface area contributed by atoms with Crippen molar-refractivity contribution in [1.29, 1.82) is 0 Å². The van der Waals surface area contributed by atoms with Crippen LogP contribution in [0.4, 0.5) is 0 Å². The van der Waals surface area contributed by atoms with Gasteiger partial charge in [0.1, 0.15) is 0 Å². The molecule has 0 aromatic heterocycles. The Morgan fingerprint density at radius 2 is 1.80 bits per heavy atom. The highest BCUT2D eigenvalue weighted by Gasteiger charge is 2.12. The van der Waals surface area contributed by atoms with Crippen LogP contribution in [0.5, 0.6) is 0 Å². The highest BCUT2D eigenvalue weighted by molar-refractivity contribution is 6.30. The van der Waals surface area contributed by atoms with Crippen molar-refractivity contribution in [3.8, 4) is 0 Å². The van der Waals surface area contributed by atoms with Crippen LogP contribution in [0.1, 0.15) is 22.0 Å². The van der Waals surface area contributed by atoms with Gasteiger partial charge in [0.15, 0.2) is 0 Å². The fourth-order valence-corrected chi connectivity index (χ4v) is 2.02. The lowest BCUT2D eigenvalue weighted by atomic mass is 10.1. The summed E-state index contributed by atoms with van der Waals surface area (Å²) < 4.78 is 5.41. The third-order valence-corrected chi connectivity index (χ3v) is 3.26. The summed E-state index contributed by atoms with van der Waals surface area (Å²) in [4.78, 5) is 12.0. The Balaban J connectivity index is 1.96. The standard InChI is InChI=1S/C16H16ClNO2/c1-20-15(12-5-3-2-4-6-12)11-18-16(19)13-7-9-14(17)10-8-13/h2-10,15H,11H2,1H3,(H,18,19). The second-order valence-corrected chi connectivity index (χ2v) is 4.79. The van der Waals surface area contributed by atoms with E-state index in [1.807, 2.05) is 30.3 Å². The van der Waals surface area contributed by atoms with Crippen LogP contribution in [0.3, 0.4) is 0 Å². The minimum absolute atomic E-state index is 0.139. The van der Waals surface area contributed by atoms with E-state index in [9.17, 15) is 4.79 Å². The summed E-state index contributed by atoms with van der Waals surface area (Å²) in [6, 6.07) is 16.6. The van der Waals surface area contributed by atoms with Crippen LogP contribution in [0.15, 0.2) is 54.6 Å². The van der Waals surface area contributed by atoms with E-state index in [0.29, 0.717) is 17.1 Å². The van der Waals surface area contributed by atoms with Gasteiger partial charge in [-0.2, -0.15) is 0 Å². The van der Waals surface area contributed by atoms with Crippen molar-refractivity contribution in [2.24, 2.45) is 0 Å². The summed E-state index contributed by atoms with van der Waals surface area (Å²) >= 11 is 5.79. The van der Waals surface area contributed by atoms with E-state index in [1.165, 1.54) is 0 Å². The molecule has 1 atom stereocenters. The highest BCUT2D eigenvalue weighted by atomic mass is 35.5. The molecule has 1 amide bonds. The minimum atomic E-state index is -0.160. The maximum atomic E-state index is 12.0. The number of ether oxygens (including phenoxy) is 1. The third kappa shape index (κ3) is 3.83. The van der Waals surface area contributed by atoms with Gasteiger partial charge in [0.05, 0.1) is 6.10 Å². The number of methoxy groups -OCH3 is 1. The summed E-state index contributed by atoms with van der Waals surface area (Å²) in [6.07, 6.45) is -0.160. The molecule has 2 rings (SSSR count). The average molecular weight is 290 g/mol. The number of nitrogens with one attached hydrogen (secondary N) is 1. The lowest BCUT2D eigenvalue weighted by molar-refractivity contribution is 0.0828. The maximum Gasteiger partial charge on any atom is 0.251 e. The van der Waals surface area contributed by atoms with Gasteiger partial charge in [0.2, 0.25) is 0 Å². The van der Waals surface area contributed by atoms with Crippen molar-refractivity contribution in [3.05, 3.63) is 70.7 Å². The summed E-state index contributed by atoms with van der Waals surface area (Å²) in [7, 11) is 1.63. The first kappa shape index (κ1) is 14.6. The second-order valence-electron chi connectivity index (χ2n) is 4.35. The van der Waals surface area contributed by atoms with Gasteiger partial charge in [-0.15, -0.1) is 0 Å². The highest BCUT2D eigenvalue weighted by Crippen LogP contribution is 2.15. The second kappa shape index (κ2) is 7.08. The maximum absolute atomic E-state index is 12.0. The Hall–Kier alpha value is -1.84. The molecule has 0 saturated carbocycles. The van der Waals surface area contributed by atoms with Gasteiger partial charge in [0.25, 0.3) is 5.91 Å². The average Bonchev–Trinajstić information content (AvgIpc) is 2.49. The smallest absolute Gasteiger partial charge is 0.251 e. The van der Waals surface area contributed by atoms with Crippen molar-refractivity contribution in [1.82, 2.24) is 5.32 Å². The van der Waals surface area contributed by atoms with Gasteiger partial charge in [-0.05, 0) is 29.8 Å². The van der Waals surface area contributed by atoms with Crippen LogP contribution in [0, 0.1) is 0 Å². The summed E-state index contributed by atoms with van der Waals surface area (Å²) in [5.74, 6) is -0.139. The zero-order chi connectivity index (χ0) is 14.4. The van der Waals surface area contributed by atoms with E-state index in [2.05, 4.69) is 5.32 Å². The number of rotatable bonds is 5. The van der Waals surface area contributed by atoms with E-state index in [1.54, 1.807) is 31.4 Å². The molecule has 0 aliphatic rings. The molecule has 20 heavy (non-hydrogen) atoms. The number of hydrogen-bond donors (Lipinski definition) is 1. The lowest BCUT2D eigenvalue weighted by Crippen LogP contribution is -2.29. The molecule has 0 spiro atoms. The Bertz CT molecular complexity index is 554. The van der Waals surface area contributed by atoms with Crippen LogP contribution < -0.4 is 5.32 Å². The van der Waals surface area contributed by atoms with Crippen molar-refractivity contribution in [2.45, 2.75) is 6.10 Å². The predicted molar refractivity (Wildman–Crippen MR) is 80.0 cm³/mol. The Morgan fingerprint density at radius 3 is 2.40 bits per heavy atom. The van der Waals surface area contributed by atoms with Crippen LogP contribution >= 0.6 is 11.6 Å². The first-order chi connectivity index (χ1) is 9.70. The quantitative estimate of drug-likeness (QED) is 0.915. The number of carbonyl (C=O) groups is 1. The molecule has 3 nitrogen and oxygen atoms in total. The Morgan fingerprint density at radius 1 is 1.15 bits per heavy atom. The molecular formula is C16H16ClNO2. The van der Waals surface area contributed by atoms with Gasteiger partial charge in [0, 0.05) is 24.2 Å². The number of hydrogen-bond acceptors (Lipinski definition) is 2. The van der Waals surface area contributed by atoms with Gasteiger partial charge >= 0.3 is 0 Å². The van der Waals surface area contributed by atoms with Crippen LogP contribution in [0.25, 0.3) is 0 Å². The SMILES string of the molecule is COC(CNC(=O)c1ccc(Cl)cc1)c1ccccc1. The van der Waals surface area contributed by atoms with Crippen LogP contribution in [-0.4, -0.2) is 19.6 Å². The first-order valence-corrected chi connectivity index (χ1v) is 6.70. The summed E-state index contributed by atoms with van der Waals surface area (Å²) in [5.41, 5.74) is 1.61. The van der Waals surface area contributed by atoms with Gasteiger partial charge in [-0.1, -0.05) is 41.9 Å². The van der Waals surface area contributed by atoms with Crippen molar-refractivity contribution in [3.63, 3.8) is 0 Å². The Labute approximate surface area is 123 Å². The van der Waals surface area contributed by atoms with Crippen molar-refractivity contribution >= 4 is 17.5 Å². The number of halogens is 1. The molecule has 2 aromatic carbocycles. The van der Waals surface area contributed by atoms with E-state index in [0.717, 1.165) is 5.56 Å². The molecule has 0 bridgehead atoms. The largest absolute Gasteiger partial charge is 0.375 e. The van der Waals surface area contributed by atoms with E-state index < -0.39 is 0 Å². The first-order valence-electron chi connectivity index (χ1n) is 6.32. The number of carbonyl (C=O) groups excluding carboxylic acids is 1. The van der Waals surface area contributed by atoms with Crippen molar-refractivity contribution in [2.75, 3.05) is 13.7 Å². The molecular weight excluding hydrogens is 274 g/mol. The fourth-order valence-electron chi connectivity index (χ4n) is 1.89. The molecule has 1 unspecified atom stereocenters.